The second-order valence-corrected chi connectivity index (χ2v) is 4.17. The number of hydrogen-bond donors (Lipinski definition) is 1. The van der Waals surface area contributed by atoms with Gasteiger partial charge in [0.1, 0.15) is 6.61 Å². The van der Waals surface area contributed by atoms with Gasteiger partial charge in [-0.15, -0.1) is 0 Å². The van der Waals surface area contributed by atoms with Crippen molar-refractivity contribution in [3.05, 3.63) is 65.5 Å². The molecule has 0 bridgehead atoms. The second-order valence-electron chi connectivity index (χ2n) is 4.17. The zero-order valence-electron chi connectivity index (χ0n) is 12.7. The van der Waals surface area contributed by atoms with E-state index in [0.717, 1.165) is 5.56 Å². The van der Waals surface area contributed by atoms with Crippen LogP contribution >= 0.6 is 0 Å². The van der Waals surface area contributed by atoms with E-state index in [2.05, 4.69) is 4.98 Å². The Bertz CT molecular complexity index is 622. The first-order valence-electron chi connectivity index (χ1n) is 6.02. The monoisotopic (exact) mass is 279 g/mol. The number of carboxylic acids is 1. The van der Waals surface area contributed by atoms with Gasteiger partial charge < -0.3 is 11.3 Å². The summed E-state index contributed by atoms with van der Waals surface area (Å²) in [5.74, 6) is -1.58. The number of aromatic nitrogens is 1. The normalized spacial score (nSPS) is 9.52. The van der Waals surface area contributed by atoms with Crippen LogP contribution in [-0.2, 0) is 22.6 Å². The first-order chi connectivity index (χ1) is 9.66. The number of carbonyl (C=O) groups excluding carboxylic acids is 1. The van der Waals surface area contributed by atoms with Gasteiger partial charge in [-0.1, -0.05) is 30.3 Å². The zero-order chi connectivity index (χ0) is 14.4. The third-order valence-electron chi connectivity index (χ3n) is 2.69. The molecule has 104 valence electrons. The molecule has 0 radical (unpaired) electrons. The number of ether oxygens (including phenoxy) is 1. The number of aliphatic carboxylic acids is 1. The molecule has 0 unspecified atom stereocenters. The third-order valence-corrected chi connectivity index (χ3v) is 2.69. The SMILES string of the molecule is O=C(O)Cc1ccncc1C(=O)OCc1ccccc1.[H-].[Li+]. The van der Waals surface area contributed by atoms with Gasteiger partial charge in [0.15, 0.2) is 0 Å². The summed E-state index contributed by atoms with van der Waals surface area (Å²) < 4.78 is 5.16. The Balaban J connectivity index is 0.00000220. The predicted molar refractivity (Wildman–Crippen MR) is 72.3 cm³/mol. The average molecular weight is 279 g/mol. The third kappa shape index (κ3) is 5.07. The van der Waals surface area contributed by atoms with E-state index in [1.54, 1.807) is 0 Å². The number of benzene rings is 1. The molecule has 2 aromatic rings. The van der Waals surface area contributed by atoms with Crippen LogP contribution in [-0.4, -0.2) is 22.0 Å². The van der Waals surface area contributed by atoms with Crippen molar-refractivity contribution >= 4 is 11.9 Å². The Labute approximate surface area is 135 Å². The largest absolute Gasteiger partial charge is 1.00 e. The van der Waals surface area contributed by atoms with Gasteiger partial charge in [-0.05, 0) is 17.2 Å². The van der Waals surface area contributed by atoms with Crippen LogP contribution in [0.15, 0.2) is 48.8 Å². The molecule has 0 saturated carbocycles. The number of nitrogens with zero attached hydrogens (tertiary/aromatic N) is 1. The molecule has 0 aliphatic carbocycles. The van der Waals surface area contributed by atoms with E-state index >= 15 is 0 Å². The van der Waals surface area contributed by atoms with E-state index < -0.39 is 11.9 Å². The summed E-state index contributed by atoms with van der Waals surface area (Å²) in [6.07, 6.45) is 2.54. The fraction of sp³-hybridized carbons (Fsp3) is 0.133. The van der Waals surface area contributed by atoms with Crippen molar-refractivity contribution in [2.45, 2.75) is 13.0 Å². The molecule has 0 spiro atoms. The first kappa shape index (κ1) is 17.0. The molecule has 0 fully saturated rings. The summed E-state index contributed by atoms with van der Waals surface area (Å²) >= 11 is 0. The molecule has 0 aliphatic heterocycles. The van der Waals surface area contributed by atoms with Crippen LogP contribution in [0.1, 0.15) is 22.9 Å². The summed E-state index contributed by atoms with van der Waals surface area (Å²) in [4.78, 5) is 26.6. The van der Waals surface area contributed by atoms with Gasteiger partial charge in [0.05, 0.1) is 12.0 Å². The van der Waals surface area contributed by atoms with Gasteiger partial charge >= 0.3 is 30.8 Å². The Morgan fingerprint density at radius 2 is 1.90 bits per heavy atom. The van der Waals surface area contributed by atoms with E-state index in [4.69, 9.17) is 9.84 Å². The van der Waals surface area contributed by atoms with Gasteiger partial charge in [0.2, 0.25) is 0 Å². The molecular formula is C15H14LiNO4. The minimum absolute atomic E-state index is 0. The van der Waals surface area contributed by atoms with Crippen LogP contribution in [0.4, 0.5) is 0 Å². The van der Waals surface area contributed by atoms with Gasteiger partial charge in [0.25, 0.3) is 0 Å². The quantitative estimate of drug-likeness (QED) is 0.572. The Hall–Kier alpha value is -2.09. The molecule has 0 atom stereocenters. The number of rotatable bonds is 5. The standard InChI is InChI=1S/C15H13NO4.Li.H/c17-14(18)8-12-6-7-16-9-13(12)15(19)20-10-11-4-2-1-3-5-11;;/h1-7,9H,8,10H2,(H,17,18);;/q;+1;-1. The van der Waals surface area contributed by atoms with E-state index in [1.807, 2.05) is 30.3 Å². The zero-order valence-corrected chi connectivity index (χ0v) is 11.7. The topological polar surface area (TPSA) is 76.5 Å². The fourth-order valence-corrected chi connectivity index (χ4v) is 1.73. The van der Waals surface area contributed by atoms with Gasteiger partial charge in [-0.25, -0.2) is 4.79 Å². The molecule has 1 N–H and O–H groups in total. The molecule has 1 heterocycles. The number of carboxylic acid groups (broad SMARTS) is 1. The molecule has 5 nitrogen and oxygen atoms in total. The molecule has 0 aliphatic rings. The minimum Gasteiger partial charge on any atom is -1.00 e. The first-order valence-corrected chi connectivity index (χ1v) is 6.02. The number of hydrogen-bond acceptors (Lipinski definition) is 4. The van der Waals surface area contributed by atoms with Gasteiger partial charge in [-0.2, -0.15) is 0 Å². The molecule has 1 aromatic carbocycles. The number of carbonyl (C=O) groups is 2. The Morgan fingerprint density at radius 1 is 1.19 bits per heavy atom. The summed E-state index contributed by atoms with van der Waals surface area (Å²) in [6.45, 7) is 0.140. The summed E-state index contributed by atoms with van der Waals surface area (Å²) in [5.41, 5.74) is 1.45. The minimum atomic E-state index is -1.01. The van der Waals surface area contributed by atoms with Crippen molar-refractivity contribution in [3.63, 3.8) is 0 Å². The fourth-order valence-electron chi connectivity index (χ4n) is 1.73. The van der Waals surface area contributed by atoms with E-state index in [0.29, 0.717) is 5.56 Å². The van der Waals surface area contributed by atoms with Crippen molar-refractivity contribution < 1.29 is 39.7 Å². The van der Waals surface area contributed by atoms with Crippen LogP contribution in [0, 0.1) is 0 Å². The Kier molecular flexibility index (Phi) is 6.66. The molecule has 0 amide bonds. The molecule has 6 heteroatoms. The van der Waals surface area contributed by atoms with Crippen molar-refractivity contribution in [3.8, 4) is 0 Å². The maximum Gasteiger partial charge on any atom is 1.00 e. The van der Waals surface area contributed by atoms with Crippen molar-refractivity contribution in [1.82, 2.24) is 4.98 Å². The van der Waals surface area contributed by atoms with E-state index in [-0.39, 0.29) is 38.9 Å². The number of pyridine rings is 1. The average Bonchev–Trinajstić information content (AvgIpc) is 2.46. The van der Waals surface area contributed by atoms with Crippen LogP contribution < -0.4 is 18.9 Å². The van der Waals surface area contributed by atoms with Crippen LogP contribution in [0.3, 0.4) is 0 Å². The van der Waals surface area contributed by atoms with Crippen LogP contribution in [0.5, 0.6) is 0 Å². The molecule has 2 rings (SSSR count). The van der Waals surface area contributed by atoms with Crippen molar-refractivity contribution in [1.29, 1.82) is 0 Å². The van der Waals surface area contributed by atoms with Crippen LogP contribution in [0.2, 0.25) is 0 Å². The molecular weight excluding hydrogens is 265 g/mol. The Morgan fingerprint density at radius 3 is 2.57 bits per heavy atom. The maximum absolute atomic E-state index is 12.0. The maximum atomic E-state index is 12.0. The summed E-state index contributed by atoms with van der Waals surface area (Å²) in [7, 11) is 0. The molecule has 21 heavy (non-hydrogen) atoms. The van der Waals surface area contributed by atoms with Crippen LogP contribution in [0.25, 0.3) is 0 Å². The summed E-state index contributed by atoms with van der Waals surface area (Å²) in [5, 5.41) is 8.81. The van der Waals surface area contributed by atoms with E-state index in [1.165, 1.54) is 18.5 Å². The molecule has 1 aromatic heterocycles. The smallest absolute Gasteiger partial charge is 1.00 e. The molecule has 0 saturated heterocycles. The van der Waals surface area contributed by atoms with Gasteiger partial charge in [-0.3, -0.25) is 9.78 Å². The summed E-state index contributed by atoms with van der Waals surface area (Å²) in [6, 6.07) is 10.8. The van der Waals surface area contributed by atoms with E-state index in [9.17, 15) is 9.59 Å². The number of esters is 1. The predicted octanol–water partition coefficient (Wildman–Crippen LogP) is -0.818. The van der Waals surface area contributed by atoms with Gasteiger partial charge in [0, 0.05) is 12.4 Å². The van der Waals surface area contributed by atoms with Crippen molar-refractivity contribution in [2.75, 3.05) is 0 Å². The van der Waals surface area contributed by atoms with Crippen molar-refractivity contribution in [2.24, 2.45) is 0 Å². The second kappa shape index (κ2) is 8.25.